The molecule has 1 unspecified atom stereocenters. The van der Waals surface area contributed by atoms with E-state index in [0.29, 0.717) is 6.04 Å². The Kier molecular flexibility index (Phi) is 3.71. The molecule has 5 heteroatoms. The van der Waals surface area contributed by atoms with Crippen molar-refractivity contribution in [3.8, 4) is 0 Å². The number of thiazole rings is 1. The molecule has 2 aromatic rings. The number of anilines is 1. The second-order valence-electron chi connectivity index (χ2n) is 4.90. The molecule has 0 aliphatic heterocycles. The molecule has 0 aromatic carbocycles. The van der Waals surface area contributed by atoms with E-state index in [9.17, 15) is 0 Å². The molecule has 0 saturated carbocycles. The van der Waals surface area contributed by atoms with E-state index in [1.165, 1.54) is 0 Å². The fourth-order valence-electron chi connectivity index (χ4n) is 1.84. The summed E-state index contributed by atoms with van der Waals surface area (Å²) in [6, 6.07) is 0.585. The average Bonchev–Trinajstić information content (AvgIpc) is 2.85. The van der Waals surface area contributed by atoms with Crippen molar-refractivity contribution in [2.75, 3.05) is 5.32 Å². The van der Waals surface area contributed by atoms with Gasteiger partial charge in [0.25, 0.3) is 0 Å². The highest BCUT2D eigenvalue weighted by molar-refractivity contribution is 7.09. The van der Waals surface area contributed by atoms with Crippen LogP contribution in [-0.4, -0.2) is 14.5 Å². The smallest absolute Gasteiger partial charge is 0.203 e. The zero-order valence-corrected chi connectivity index (χ0v) is 12.4. The van der Waals surface area contributed by atoms with E-state index in [4.69, 9.17) is 0 Å². The first-order chi connectivity index (χ1) is 8.47. The van der Waals surface area contributed by atoms with Crippen molar-refractivity contribution in [1.82, 2.24) is 14.5 Å². The van der Waals surface area contributed by atoms with Crippen LogP contribution in [0.4, 0.5) is 5.95 Å². The van der Waals surface area contributed by atoms with Crippen LogP contribution in [0.1, 0.15) is 49.3 Å². The van der Waals surface area contributed by atoms with Crippen molar-refractivity contribution in [2.45, 2.75) is 46.7 Å². The van der Waals surface area contributed by atoms with Gasteiger partial charge in [-0.1, -0.05) is 0 Å². The third kappa shape index (κ3) is 2.72. The Labute approximate surface area is 112 Å². The molecule has 0 bridgehead atoms. The van der Waals surface area contributed by atoms with Gasteiger partial charge in [-0.05, 0) is 34.6 Å². The van der Waals surface area contributed by atoms with Gasteiger partial charge in [-0.2, -0.15) is 0 Å². The lowest BCUT2D eigenvalue weighted by Gasteiger charge is -2.16. The quantitative estimate of drug-likeness (QED) is 0.915. The van der Waals surface area contributed by atoms with E-state index < -0.39 is 0 Å². The molecular weight excluding hydrogens is 244 g/mol. The maximum atomic E-state index is 4.53. The molecule has 2 aromatic heterocycles. The van der Waals surface area contributed by atoms with Crippen LogP contribution < -0.4 is 5.32 Å². The van der Waals surface area contributed by atoms with Crippen molar-refractivity contribution in [3.05, 3.63) is 28.0 Å². The minimum Gasteiger partial charge on any atom is -0.347 e. The van der Waals surface area contributed by atoms with Crippen LogP contribution in [0.15, 0.2) is 11.6 Å². The predicted octanol–water partition coefficient (Wildman–Crippen LogP) is 3.71. The summed E-state index contributed by atoms with van der Waals surface area (Å²) in [6.45, 7) is 10.5. The van der Waals surface area contributed by atoms with Crippen molar-refractivity contribution in [3.63, 3.8) is 0 Å². The van der Waals surface area contributed by atoms with Crippen molar-refractivity contribution < 1.29 is 0 Å². The lowest BCUT2D eigenvalue weighted by atomic mass is 10.3. The standard InChI is InChI=1S/C13H20N4S/c1-8(2)17-6-9(3)15-13(17)16-11(5)12-14-10(4)7-18-12/h6-8,11H,1-5H3,(H,15,16). The van der Waals surface area contributed by atoms with E-state index in [2.05, 4.69) is 52.2 Å². The lowest BCUT2D eigenvalue weighted by molar-refractivity contribution is 0.600. The van der Waals surface area contributed by atoms with Crippen LogP contribution in [0.3, 0.4) is 0 Å². The fraction of sp³-hybridized carbons (Fsp3) is 0.538. The molecule has 1 atom stereocenters. The number of imidazole rings is 1. The van der Waals surface area contributed by atoms with E-state index in [1.54, 1.807) is 11.3 Å². The number of hydrogen-bond acceptors (Lipinski definition) is 4. The van der Waals surface area contributed by atoms with Gasteiger partial charge >= 0.3 is 0 Å². The van der Waals surface area contributed by atoms with Crippen molar-refractivity contribution in [1.29, 1.82) is 0 Å². The molecule has 18 heavy (non-hydrogen) atoms. The van der Waals surface area contributed by atoms with Gasteiger partial charge in [0.15, 0.2) is 0 Å². The largest absolute Gasteiger partial charge is 0.347 e. The highest BCUT2D eigenvalue weighted by Gasteiger charge is 2.14. The Bertz CT molecular complexity index is 527. The Morgan fingerprint density at radius 2 is 1.89 bits per heavy atom. The summed E-state index contributed by atoms with van der Waals surface area (Å²) in [5.74, 6) is 0.919. The van der Waals surface area contributed by atoms with Gasteiger partial charge in [-0.15, -0.1) is 11.3 Å². The molecule has 0 aliphatic carbocycles. The summed E-state index contributed by atoms with van der Waals surface area (Å²) in [5, 5.41) is 6.62. The molecule has 0 radical (unpaired) electrons. The number of aromatic nitrogens is 3. The van der Waals surface area contributed by atoms with Crippen LogP contribution >= 0.6 is 11.3 Å². The summed E-state index contributed by atoms with van der Waals surface area (Å²) >= 11 is 1.69. The third-order valence-electron chi connectivity index (χ3n) is 2.76. The molecule has 1 N–H and O–H groups in total. The molecule has 0 aliphatic rings. The summed E-state index contributed by atoms with van der Waals surface area (Å²) in [4.78, 5) is 9.04. The van der Waals surface area contributed by atoms with Gasteiger partial charge in [-0.3, -0.25) is 0 Å². The van der Waals surface area contributed by atoms with Crippen molar-refractivity contribution >= 4 is 17.3 Å². The summed E-state index contributed by atoms with van der Waals surface area (Å²) in [6.07, 6.45) is 2.08. The van der Waals surface area contributed by atoms with Gasteiger partial charge in [-0.25, -0.2) is 9.97 Å². The van der Waals surface area contributed by atoms with Crippen LogP contribution in [-0.2, 0) is 0 Å². The SMILES string of the molecule is Cc1csc(C(C)Nc2nc(C)cn2C(C)C)n1. The van der Waals surface area contributed by atoms with Crippen molar-refractivity contribution in [2.24, 2.45) is 0 Å². The first kappa shape index (κ1) is 13.1. The molecule has 4 nitrogen and oxygen atoms in total. The first-order valence-electron chi connectivity index (χ1n) is 6.21. The molecule has 98 valence electrons. The van der Waals surface area contributed by atoms with Crippen LogP contribution in [0, 0.1) is 13.8 Å². The highest BCUT2D eigenvalue weighted by atomic mass is 32.1. The summed E-state index contributed by atoms with van der Waals surface area (Å²) in [5.41, 5.74) is 2.11. The minimum atomic E-state index is 0.183. The summed E-state index contributed by atoms with van der Waals surface area (Å²) < 4.78 is 2.16. The molecule has 2 rings (SSSR count). The summed E-state index contributed by atoms with van der Waals surface area (Å²) in [7, 11) is 0. The van der Waals surface area contributed by atoms with Gasteiger partial charge in [0.1, 0.15) is 5.01 Å². The molecule has 0 amide bonds. The zero-order valence-electron chi connectivity index (χ0n) is 11.6. The molecule has 0 saturated heterocycles. The van der Waals surface area contributed by atoms with Gasteiger partial charge in [0.2, 0.25) is 5.95 Å². The number of nitrogens with one attached hydrogen (secondary N) is 1. The topological polar surface area (TPSA) is 42.7 Å². The average molecular weight is 264 g/mol. The van der Waals surface area contributed by atoms with E-state index in [0.717, 1.165) is 22.3 Å². The number of hydrogen-bond donors (Lipinski definition) is 1. The Morgan fingerprint density at radius 1 is 1.17 bits per heavy atom. The second-order valence-corrected chi connectivity index (χ2v) is 5.79. The molecular formula is C13H20N4S. The first-order valence-corrected chi connectivity index (χ1v) is 7.09. The predicted molar refractivity (Wildman–Crippen MR) is 76.2 cm³/mol. The number of aryl methyl sites for hydroxylation is 2. The van der Waals surface area contributed by atoms with Crippen LogP contribution in [0.25, 0.3) is 0 Å². The lowest BCUT2D eigenvalue weighted by Crippen LogP contribution is -2.12. The maximum Gasteiger partial charge on any atom is 0.203 e. The van der Waals surface area contributed by atoms with Gasteiger partial charge < -0.3 is 9.88 Å². The van der Waals surface area contributed by atoms with E-state index >= 15 is 0 Å². The third-order valence-corrected chi connectivity index (χ3v) is 3.91. The maximum absolute atomic E-state index is 4.53. The van der Waals surface area contributed by atoms with Gasteiger partial charge in [0, 0.05) is 23.3 Å². The normalized spacial score (nSPS) is 13.0. The van der Waals surface area contributed by atoms with E-state index in [1.807, 2.05) is 13.8 Å². The molecule has 0 spiro atoms. The number of nitrogens with zero attached hydrogens (tertiary/aromatic N) is 3. The van der Waals surface area contributed by atoms with Crippen LogP contribution in [0.5, 0.6) is 0 Å². The fourth-order valence-corrected chi connectivity index (χ4v) is 2.65. The number of rotatable bonds is 4. The minimum absolute atomic E-state index is 0.183. The molecule has 2 heterocycles. The Balaban J connectivity index is 2.18. The Morgan fingerprint density at radius 3 is 2.44 bits per heavy atom. The van der Waals surface area contributed by atoms with E-state index in [-0.39, 0.29) is 6.04 Å². The highest BCUT2D eigenvalue weighted by Crippen LogP contribution is 2.23. The Hall–Kier alpha value is -1.36. The van der Waals surface area contributed by atoms with Crippen LogP contribution in [0.2, 0.25) is 0 Å². The molecule has 0 fully saturated rings. The van der Waals surface area contributed by atoms with Gasteiger partial charge in [0.05, 0.1) is 11.7 Å². The second kappa shape index (κ2) is 5.10. The zero-order chi connectivity index (χ0) is 13.3. The monoisotopic (exact) mass is 264 g/mol.